The highest BCUT2D eigenvalue weighted by Gasteiger charge is 2.26. The largest absolute Gasteiger partial charge is 0.497 e. The minimum absolute atomic E-state index is 0.174. The fraction of sp³-hybridized carbons (Fsp3) is 0.375. The number of ether oxygens (including phenoxy) is 2. The van der Waals surface area contributed by atoms with E-state index in [-0.39, 0.29) is 24.2 Å². The van der Waals surface area contributed by atoms with Crippen molar-refractivity contribution in [2.24, 2.45) is 16.1 Å². The van der Waals surface area contributed by atoms with Gasteiger partial charge in [-0.3, -0.25) is 9.59 Å². The molecule has 0 saturated heterocycles. The van der Waals surface area contributed by atoms with E-state index in [1.807, 2.05) is 0 Å². The van der Waals surface area contributed by atoms with Crippen molar-refractivity contribution in [3.05, 3.63) is 23.8 Å². The van der Waals surface area contributed by atoms with Crippen LogP contribution in [0.25, 0.3) is 0 Å². The van der Waals surface area contributed by atoms with Crippen LogP contribution in [-0.2, 0) is 9.59 Å². The minimum Gasteiger partial charge on any atom is -0.497 e. The molecule has 1 aromatic rings. The summed E-state index contributed by atoms with van der Waals surface area (Å²) in [6, 6.07) is 5.27. The molecule has 24 heavy (non-hydrogen) atoms. The summed E-state index contributed by atoms with van der Waals surface area (Å²) in [6.45, 7) is 1.76. The van der Waals surface area contributed by atoms with E-state index in [2.05, 4.69) is 21.1 Å². The second kappa shape index (κ2) is 8.09. The Kier molecular flexibility index (Phi) is 5.89. The van der Waals surface area contributed by atoms with Crippen molar-refractivity contribution in [1.82, 2.24) is 10.9 Å². The zero-order chi connectivity index (χ0) is 17.5. The van der Waals surface area contributed by atoms with E-state index < -0.39 is 0 Å². The molecule has 0 saturated carbocycles. The van der Waals surface area contributed by atoms with Gasteiger partial charge < -0.3 is 9.47 Å². The predicted octanol–water partition coefficient (Wildman–Crippen LogP) is 1.06. The van der Waals surface area contributed by atoms with Crippen LogP contribution in [0.1, 0.15) is 25.3 Å². The Morgan fingerprint density at radius 1 is 1.42 bits per heavy atom. The molecule has 0 radical (unpaired) electrons. The van der Waals surface area contributed by atoms with Crippen LogP contribution in [0.4, 0.5) is 0 Å². The number of nitrogens with zero attached hydrogens (tertiary/aromatic N) is 2. The lowest BCUT2D eigenvalue weighted by Gasteiger charge is -2.07. The maximum Gasteiger partial charge on any atom is 0.248 e. The number of carbonyl (C=O) groups excluding carboxylic acids is 2. The topological polar surface area (TPSA) is 101 Å². The quantitative estimate of drug-likeness (QED) is 0.576. The number of hydrogen-bond donors (Lipinski definition) is 2. The van der Waals surface area contributed by atoms with Crippen molar-refractivity contribution in [1.29, 1.82) is 0 Å². The highest BCUT2D eigenvalue weighted by Crippen LogP contribution is 2.23. The van der Waals surface area contributed by atoms with Gasteiger partial charge in [-0.25, -0.2) is 10.9 Å². The van der Waals surface area contributed by atoms with Crippen molar-refractivity contribution in [3.63, 3.8) is 0 Å². The summed E-state index contributed by atoms with van der Waals surface area (Å²) < 4.78 is 10.4. The van der Waals surface area contributed by atoms with Crippen LogP contribution >= 0.6 is 0 Å². The number of nitrogens with one attached hydrogen (secondary N) is 2. The van der Waals surface area contributed by atoms with Crippen molar-refractivity contribution in [3.8, 4) is 11.5 Å². The molecule has 1 aromatic carbocycles. The number of amides is 2. The summed E-state index contributed by atoms with van der Waals surface area (Å²) in [4.78, 5) is 23.3. The first-order chi connectivity index (χ1) is 11.5. The predicted molar refractivity (Wildman–Crippen MR) is 89.3 cm³/mol. The average molecular weight is 332 g/mol. The van der Waals surface area contributed by atoms with Crippen LogP contribution in [0.15, 0.2) is 28.4 Å². The van der Waals surface area contributed by atoms with E-state index in [0.29, 0.717) is 29.2 Å². The Morgan fingerprint density at radius 2 is 2.21 bits per heavy atom. The summed E-state index contributed by atoms with van der Waals surface area (Å²) in [6.07, 6.45) is 2.07. The molecule has 0 aromatic heterocycles. The van der Waals surface area contributed by atoms with Crippen molar-refractivity contribution in [2.45, 2.75) is 19.8 Å². The lowest BCUT2D eigenvalue weighted by atomic mass is 9.99. The molecule has 0 aliphatic carbocycles. The highest BCUT2D eigenvalue weighted by molar-refractivity contribution is 6.07. The third-order valence-electron chi connectivity index (χ3n) is 3.66. The van der Waals surface area contributed by atoms with E-state index in [0.717, 1.165) is 0 Å². The zero-order valence-electron chi connectivity index (χ0n) is 13.8. The first-order valence-corrected chi connectivity index (χ1v) is 7.43. The first kappa shape index (κ1) is 17.5. The van der Waals surface area contributed by atoms with Gasteiger partial charge in [-0.05, 0) is 25.5 Å². The van der Waals surface area contributed by atoms with Gasteiger partial charge >= 0.3 is 0 Å². The van der Waals surface area contributed by atoms with Crippen LogP contribution < -0.4 is 20.3 Å². The molecule has 8 nitrogen and oxygen atoms in total. The fourth-order valence-corrected chi connectivity index (χ4v) is 2.26. The van der Waals surface area contributed by atoms with Gasteiger partial charge in [0.2, 0.25) is 11.8 Å². The Labute approximate surface area is 139 Å². The van der Waals surface area contributed by atoms with Gasteiger partial charge in [-0.1, -0.05) is 0 Å². The third kappa shape index (κ3) is 4.31. The van der Waals surface area contributed by atoms with Crippen molar-refractivity contribution in [2.75, 3.05) is 14.2 Å². The monoisotopic (exact) mass is 332 g/mol. The normalized spacial score (nSPS) is 16.7. The van der Waals surface area contributed by atoms with Gasteiger partial charge in [-0.15, -0.1) is 0 Å². The van der Waals surface area contributed by atoms with Gasteiger partial charge in [-0.2, -0.15) is 10.2 Å². The molecule has 128 valence electrons. The molecule has 2 N–H and O–H groups in total. The van der Waals surface area contributed by atoms with Gasteiger partial charge in [0.15, 0.2) is 0 Å². The molecule has 1 aliphatic heterocycles. The van der Waals surface area contributed by atoms with Gasteiger partial charge in [0, 0.05) is 23.8 Å². The van der Waals surface area contributed by atoms with Crippen LogP contribution in [0.5, 0.6) is 11.5 Å². The molecule has 1 heterocycles. The van der Waals surface area contributed by atoms with Crippen molar-refractivity contribution < 1.29 is 19.1 Å². The summed E-state index contributed by atoms with van der Waals surface area (Å²) in [5.74, 6) is 0.459. The fourth-order valence-electron chi connectivity index (χ4n) is 2.26. The molecule has 0 fully saturated rings. The average Bonchev–Trinajstić information content (AvgIpc) is 2.91. The first-order valence-electron chi connectivity index (χ1n) is 7.43. The van der Waals surface area contributed by atoms with Gasteiger partial charge in [0.1, 0.15) is 11.5 Å². The summed E-state index contributed by atoms with van der Waals surface area (Å²) >= 11 is 0. The smallest absolute Gasteiger partial charge is 0.248 e. The summed E-state index contributed by atoms with van der Waals surface area (Å²) in [5.41, 5.74) is 6.23. The van der Waals surface area contributed by atoms with Crippen molar-refractivity contribution >= 4 is 23.7 Å². The zero-order valence-corrected chi connectivity index (χ0v) is 13.8. The summed E-state index contributed by atoms with van der Waals surface area (Å²) in [5, 5.41) is 7.76. The van der Waals surface area contributed by atoms with Crippen LogP contribution in [0.3, 0.4) is 0 Å². The van der Waals surface area contributed by atoms with Crippen LogP contribution in [0.2, 0.25) is 0 Å². The van der Waals surface area contributed by atoms with E-state index >= 15 is 0 Å². The lowest BCUT2D eigenvalue weighted by molar-refractivity contribution is -0.123. The molecular formula is C16H20N4O4. The molecule has 0 bridgehead atoms. The second-order valence-electron chi connectivity index (χ2n) is 5.22. The molecule has 2 amide bonds. The lowest BCUT2D eigenvalue weighted by Crippen LogP contribution is -2.25. The molecule has 1 aliphatic rings. The molecule has 1 atom stereocenters. The number of hydrazone groups is 2. The Balaban J connectivity index is 1.86. The highest BCUT2D eigenvalue weighted by atomic mass is 16.5. The van der Waals surface area contributed by atoms with Gasteiger partial charge in [0.25, 0.3) is 0 Å². The van der Waals surface area contributed by atoms with Crippen LogP contribution in [0, 0.1) is 5.92 Å². The number of benzene rings is 1. The van der Waals surface area contributed by atoms with Gasteiger partial charge in [0.05, 0.1) is 26.4 Å². The molecule has 1 unspecified atom stereocenters. The van der Waals surface area contributed by atoms with E-state index in [1.165, 1.54) is 6.21 Å². The molecule has 2 rings (SSSR count). The maximum absolute atomic E-state index is 11.8. The van der Waals surface area contributed by atoms with E-state index in [9.17, 15) is 9.59 Å². The molecular weight excluding hydrogens is 312 g/mol. The molecule has 0 spiro atoms. The number of rotatable bonds is 7. The second-order valence-corrected chi connectivity index (χ2v) is 5.22. The maximum atomic E-state index is 11.8. The minimum atomic E-state index is -0.346. The number of methoxy groups -OCH3 is 2. The SMILES string of the molecule is COc1ccc(C=NNC(=O)CCC2C(=O)NN=C2C)c(OC)c1. The van der Waals surface area contributed by atoms with E-state index in [4.69, 9.17) is 9.47 Å². The molecule has 8 heteroatoms. The van der Waals surface area contributed by atoms with E-state index in [1.54, 1.807) is 39.3 Å². The number of carbonyl (C=O) groups is 2. The summed E-state index contributed by atoms with van der Waals surface area (Å²) in [7, 11) is 3.11. The third-order valence-corrected chi connectivity index (χ3v) is 3.66. The Hall–Kier alpha value is -2.90. The number of hydrogen-bond acceptors (Lipinski definition) is 6. The standard InChI is InChI=1S/C16H20N4O4/c1-10-13(16(22)20-18-10)6-7-15(21)19-17-9-11-4-5-12(23-2)8-14(11)24-3/h4-5,8-9,13H,6-7H2,1-3H3,(H,19,21)(H,20,22). The Morgan fingerprint density at radius 3 is 2.83 bits per heavy atom. The Bertz CT molecular complexity index is 685. The van der Waals surface area contributed by atoms with Crippen LogP contribution in [-0.4, -0.2) is 38.0 Å².